The summed E-state index contributed by atoms with van der Waals surface area (Å²) in [5.41, 5.74) is 1.28. The zero-order valence-corrected chi connectivity index (χ0v) is 15.5. The van der Waals surface area contributed by atoms with Gasteiger partial charge in [-0.3, -0.25) is 4.90 Å². The van der Waals surface area contributed by atoms with Crippen molar-refractivity contribution in [1.82, 2.24) is 4.90 Å². The van der Waals surface area contributed by atoms with Crippen LogP contribution in [0.2, 0.25) is 0 Å². The SMILES string of the molecule is COCC1CN(CCOc2cc3ccccc3cc2C(C)C)CCO1. The first-order valence-electron chi connectivity index (χ1n) is 9.15. The Kier molecular flexibility index (Phi) is 6.29. The van der Waals surface area contributed by atoms with Crippen molar-refractivity contribution in [3.8, 4) is 5.75 Å². The molecule has 0 amide bonds. The van der Waals surface area contributed by atoms with E-state index in [1.807, 2.05) is 0 Å². The molecule has 0 aromatic heterocycles. The maximum absolute atomic E-state index is 6.19. The molecule has 25 heavy (non-hydrogen) atoms. The lowest BCUT2D eigenvalue weighted by atomic mass is 9.98. The van der Waals surface area contributed by atoms with Gasteiger partial charge >= 0.3 is 0 Å². The van der Waals surface area contributed by atoms with Crippen molar-refractivity contribution in [3.63, 3.8) is 0 Å². The van der Waals surface area contributed by atoms with Crippen molar-refractivity contribution in [2.75, 3.05) is 46.6 Å². The van der Waals surface area contributed by atoms with Crippen molar-refractivity contribution in [1.29, 1.82) is 0 Å². The van der Waals surface area contributed by atoms with E-state index in [-0.39, 0.29) is 6.10 Å². The zero-order chi connectivity index (χ0) is 17.6. The molecule has 0 radical (unpaired) electrons. The fourth-order valence-electron chi connectivity index (χ4n) is 3.37. The highest BCUT2D eigenvalue weighted by Gasteiger charge is 2.20. The number of nitrogens with zero attached hydrogens (tertiary/aromatic N) is 1. The molecule has 4 heteroatoms. The van der Waals surface area contributed by atoms with E-state index in [1.165, 1.54) is 16.3 Å². The van der Waals surface area contributed by atoms with E-state index < -0.39 is 0 Å². The van der Waals surface area contributed by atoms with Crippen LogP contribution in [0, 0.1) is 0 Å². The molecular formula is C21H29NO3. The minimum absolute atomic E-state index is 0.172. The average Bonchev–Trinajstić information content (AvgIpc) is 2.61. The van der Waals surface area contributed by atoms with Crippen LogP contribution in [0.5, 0.6) is 5.75 Å². The molecule has 1 unspecified atom stereocenters. The summed E-state index contributed by atoms with van der Waals surface area (Å²) in [5.74, 6) is 1.45. The van der Waals surface area contributed by atoms with Crippen molar-refractivity contribution < 1.29 is 14.2 Å². The molecule has 1 saturated heterocycles. The highest BCUT2D eigenvalue weighted by Crippen LogP contribution is 2.31. The first kappa shape index (κ1) is 18.2. The summed E-state index contributed by atoms with van der Waals surface area (Å²) >= 11 is 0. The molecule has 0 N–H and O–H groups in total. The number of rotatable bonds is 7. The summed E-state index contributed by atoms with van der Waals surface area (Å²) in [6.07, 6.45) is 0.172. The molecule has 0 aliphatic carbocycles. The Morgan fingerprint density at radius 1 is 1.20 bits per heavy atom. The van der Waals surface area contributed by atoms with Crippen LogP contribution in [0.25, 0.3) is 10.8 Å². The van der Waals surface area contributed by atoms with Crippen LogP contribution in [-0.2, 0) is 9.47 Å². The van der Waals surface area contributed by atoms with E-state index >= 15 is 0 Å². The van der Waals surface area contributed by atoms with Crippen LogP contribution in [0.1, 0.15) is 25.3 Å². The van der Waals surface area contributed by atoms with Gasteiger partial charge in [0.25, 0.3) is 0 Å². The Balaban J connectivity index is 1.63. The zero-order valence-electron chi connectivity index (χ0n) is 15.5. The molecule has 1 heterocycles. The number of hydrogen-bond donors (Lipinski definition) is 0. The monoisotopic (exact) mass is 343 g/mol. The highest BCUT2D eigenvalue weighted by atomic mass is 16.5. The minimum Gasteiger partial charge on any atom is -0.492 e. The molecule has 2 aromatic rings. The lowest BCUT2D eigenvalue weighted by Crippen LogP contribution is -2.45. The topological polar surface area (TPSA) is 30.9 Å². The predicted octanol–water partition coefficient (Wildman–Crippen LogP) is 3.69. The van der Waals surface area contributed by atoms with Crippen LogP contribution in [0.4, 0.5) is 0 Å². The van der Waals surface area contributed by atoms with Crippen molar-refractivity contribution in [3.05, 3.63) is 42.0 Å². The van der Waals surface area contributed by atoms with E-state index in [0.717, 1.165) is 32.0 Å². The molecule has 0 bridgehead atoms. The number of morpholine rings is 1. The minimum atomic E-state index is 0.172. The third-order valence-corrected chi connectivity index (χ3v) is 4.74. The van der Waals surface area contributed by atoms with Crippen molar-refractivity contribution in [2.45, 2.75) is 25.9 Å². The fourth-order valence-corrected chi connectivity index (χ4v) is 3.37. The van der Waals surface area contributed by atoms with Gasteiger partial charge in [0.1, 0.15) is 12.4 Å². The van der Waals surface area contributed by atoms with Gasteiger partial charge in [-0.25, -0.2) is 0 Å². The van der Waals surface area contributed by atoms with Crippen LogP contribution in [-0.4, -0.2) is 57.6 Å². The summed E-state index contributed by atoms with van der Waals surface area (Å²) in [5, 5.41) is 2.50. The quantitative estimate of drug-likeness (QED) is 0.767. The maximum atomic E-state index is 6.19. The molecule has 1 fully saturated rings. The molecule has 0 spiro atoms. The third kappa shape index (κ3) is 4.72. The lowest BCUT2D eigenvalue weighted by Gasteiger charge is -2.32. The van der Waals surface area contributed by atoms with E-state index in [1.54, 1.807) is 7.11 Å². The summed E-state index contributed by atoms with van der Waals surface area (Å²) in [4.78, 5) is 2.39. The first-order chi connectivity index (χ1) is 12.2. The number of hydrogen-bond acceptors (Lipinski definition) is 4. The number of fused-ring (bicyclic) bond motifs is 1. The predicted molar refractivity (Wildman–Crippen MR) is 102 cm³/mol. The molecule has 3 rings (SSSR count). The third-order valence-electron chi connectivity index (χ3n) is 4.74. The second kappa shape index (κ2) is 8.65. The van der Waals surface area contributed by atoms with E-state index in [9.17, 15) is 0 Å². The second-order valence-electron chi connectivity index (χ2n) is 6.99. The summed E-state index contributed by atoms with van der Waals surface area (Å²) in [6, 6.07) is 12.9. The number of methoxy groups -OCH3 is 1. The number of ether oxygens (including phenoxy) is 3. The van der Waals surface area contributed by atoms with Gasteiger partial charge in [0.05, 0.1) is 19.3 Å². The van der Waals surface area contributed by atoms with Crippen LogP contribution >= 0.6 is 0 Å². The van der Waals surface area contributed by atoms with Gasteiger partial charge in [0.2, 0.25) is 0 Å². The van der Waals surface area contributed by atoms with Gasteiger partial charge in [-0.1, -0.05) is 38.1 Å². The molecule has 136 valence electrons. The molecule has 1 atom stereocenters. The van der Waals surface area contributed by atoms with Gasteiger partial charge in [0, 0.05) is 26.7 Å². The standard InChI is InChI=1S/C21H29NO3/c1-16(2)20-12-17-6-4-5-7-18(17)13-21(20)25-11-9-22-8-10-24-19(14-22)15-23-3/h4-7,12-13,16,19H,8-11,14-15H2,1-3H3. The van der Waals surface area contributed by atoms with Gasteiger partial charge in [-0.2, -0.15) is 0 Å². The van der Waals surface area contributed by atoms with Crippen LogP contribution in [0.3, 0.4) is 0 Å². The summed E-state index contributed by atoms with van der Waals surface area (Å²) in [7, 11) is 1.72. The Bertz CT molecular complexity index is 684. The largest absolute Gasteiger partial charge is 0.492 e. The molecule has 2 aromatic carbocycles. The smallest absolute Gasteiger partial charge is 0.123 e. The molecule has 4 nitrogen and oxygen atoms in total. The average molecular weight is 343 g/mol. The Labute approximate surface area is 150 Å². The summed E-state index contributed by atoms with van der Waals surface area (Å²) in [6.45, 7) is 9.32. The number of benzene rings is 2. The lowest BCUT2D eigenvalue weighted by molar-refractivity contribution is -0.0627. The second-order valence-corrected chi connectivity index (χ2v) is 6.99. The molecule has 0 saturated carbocycles. The van der Waals surface area contributed by atoms with E-state index in [4.69, 9.17) is 14.2 Å². The van der Waals surface area contributed by atoms with Crippen molar-refractivity contribution in [2.24, 2.45) is 0 Å². The molecular weight excluding hydrogens is 314 g/mol. The first-order valence-corrected chi connectivity index (χ1v) is 9.15. The van der Waals surface area contributed by atoms with Crippen molar-refractivity contribution >= 4 is 10.8 Å². The van der Waals surface area contributed by atoms with Gasteiger partial charge in [-0.15, -0.1) is 0 Å². The Hall–Kier alpha value is -1.62. The fraction of sp³-hybridized carbons (Fsp3) is 0.524. The highest BCUT2D eigenvalue weighted by molar-refractivity contribution is 5.85. The van der Waals surface area contributed by atoms with E-state index in [0.29, 0.717) is 19.1 Å². The van der Waals surface area contributed by atoms with Gasteiger partial charge < -0.3 is 14.2 Å². The van der Waals surface area contributed by atoms with Crippen LogP contribution in [0.15, 0.2) is 36.4 Å². The normalized spacial score (nSPS) is 18.8. The summed E-state index contributed by atoms with van der Waals surface area (Å²) < 4.78 is 17.1. The molecule has 1 aliphatic heterocycles. The van der Waals surface area contributed by atoms with Gasteiger partial charge in [0.15, 0.2) is 0 Å². The Morgan fingerprint density at radius 2 is 1.96 bits per heavy atom. The van der Waals surface area contributed by atoms with E-state index in [2.05, 4.69) is 55.1 Å². The maximum Gasteiger partial charge on any atom is 0.123 e. The Morgan fingerprint density at radius 3 is 2.68 bits per heavy atom. The van der Waals surface area contributed by atoms with Crippen LogP contribution < -0.4 is 4.74 Å². The van der Waals surface area contributed by atoms with Gasteiger partial charge in [-0.05, 0) is 34.4 Å². The molecule has 1 aliphatic rings.